The van der Waals surface area contributed by atoms with Crippen LogP contribution in [0.15, 0.2) is 36.4 Å². The van der Waals surface area contributed by atoms with Crippen molar-refractivity contribution in [3.8, 4) is 0 Å². The lowest BCUT2D eigenvalue weighted by Crippen LogP contribution is -2.00. The van der Waals surface area contributed by atoms with Crippen LogP contribution in [0.5, 0.6) is 0 Å². The predicted molar refractivity (Wildman–Crippen MR) is 57.9 cm³/mol. The first-order chi connectivity index (χ1) is 7.90. The third-order valence-corrected chi connectivity index (χ3v) is 4.02. The van der Waals surface area contributed by atoms with E-state index in [1.165, 1.54) is 22.3 Å². The van der Waals surface area contributed by atoms with Gasteiger partial charge in [0.1, 0.15) is 24.4 Å². The highest BCUT2D eigenvalue weighted by Gasteiger charge is 2.40. The Bertz CT molecular complexity index is 476. The van der Waals surface area contributed by atoms with Crippen molar-refractivity contribution < 1.29 is 9.47 Å². The molecule has 0 fully saturated rings. The maximum atomic E-state index is 5.84. The molecule has 0 saturated carbocycles. The lowest BCUT2D eigenvalue weighted by atomic mass is 9.88. The largest absolute Gasteiger partial charge is 0.357 e. The molecule has 4 heterocycles. The highest BCUT2D eigenvalue weighted by atomic mass is 16.5. The number of fused-ring (bicyclic) bond motifs is 10. The van der Waals surface area contributed by atoms with Crippen molar-refractivity contribution >= 4 is 0 Å². The van der Waals surface area contributed by atoms with Gasteiger partial charge >= 0.3 is 0 Å². The molecule has 0 amide bonds. The number of benzene rings is 1. The van der Waals surface area contributed by atoms with Gasteiger partial charge in [0.05, 0.1) is 0 Å². The molecular formula is C14H10O2. The molecule has 4 aliphatic rings. The van der Waals surface area contributed by atoms with Crippen LogP contribution in [0.3, 0.4) is 0 Å². The van der Waals surface area contributed by atoms with Gasteiger partial charge in [0.25, 0.3) is 0 Å². The van der Waals surface area contributed by atoms with Gasteiger partial charge in [-0.3, -0.25) is 0 Å². The first-order valence-electron chi connectivity index (χ1n) is 5.75. The van der Waals surface area contributed by atoms with Crippen LogP contribution >= 0.6 is 0 Å². The Kier molecular flexibility index (Phi) is 1.13. The molecule has 4 bridgehead atoms. The van der Waals surface area contributed by atoms with Gasteiger partial charge in [-0.1, -0.05) is 24.3 Å². The van der Waals surface area contributed by atoms with Crippen LogP contribution in [0.2, 0.25) is 0 Å². The van der Waals surface area contributed by atoms with Gasteiger partial charge < -0.3 is 9.47 Å². The van der Waals surface area contributed by atoms with E-state index in [-0.39, 0.29) is 24.4 Å². The van der Waals surface area contributed by atoms with Gasteiger partial charge in [0.15, 0.2) is 0 Å². The molecule has 0 saturated heterocycles. The number of hydrogen-bond acceptors (Lipinski definition) is 2. The van der Waals surface area contributed by atoms with Crippen LogP contribution < -0.4 is 0 Å². The summed E-state index contributed by atoms with van der Waals surface area (Å²) in [5.41, 5.74) is 5.37. The summed E-state index contributed by atoms with van der Waals surface area (Å²) in [4.78, 5) is 0. The minimum Gasteiger partial charge on any atom is -0.357 e. The van der Waals surface area contributed by atoms with Gasteiger partial charge in [0.2, 0.25) is 0 Å². The van der Waals surface area contributed by atoms with Gasteiger partial charge in [-0.15, -0.1) is 0 Å². The standard InChI is InChI=1S/C14H10O2/c1-2-12-8-6-10-9(5-7(8)11(1)15-12)13-3-4-14(10)16-13/h1-6,11-14H/t11-,12?,13?,14?/m0/s1. The molecule has 1 aromatic carbocycles. The van der Waals surface area contributed by atoms with Crippen molar-refractivity contribution in [3.05, 3.63) is 58.7 Å². The Balaban J connectivity index is 1.80. The second-order valence-electron chi connectivity index (χ2n) is 4.83. The lowest BCUT2D eigenvalue weighted by molar-refractivity contribution is 0.0840. The quantitative estimate of drug-likeness (QED) is 0.613. The van der Waals surface area contributed by atoms with Crippen LogP contribution in [0.25, 0.3) is 0 Å². The summed E-state index contributed by atoms with van der Waals surface area (Å²) in [6.45, 7) is 0. The van der Waals surface area contributed by atoms with Crippen LogP contribution in [0, 0.1) is 0 Å². The van der Waals surface area contributed by atoms with Crippen molar-refractivity contribution in [3.63, 3.8) is 0 Å². The van der Waals surface area contributed by atoms with Gasteiger partial charge in [-0.25, -0.2) is 0 Å². The number of hydrogen-bond donors (Lipinski definition) is 0. The zero-order valence-corrected chi connectivity index (χ0v) is 8.59. The summed E-state index contributed by atoms with van der Waals surface area (Å²) in [6, 6.07) is 4.57. The van der Waals surface area contributed by atoms with Crippen LogP contribution in [0.4, 0.5) is 0 Å². The molecule has 0 N–H and O–H groups in total. The maximum absolute atomic E-state index is 5.84. The normalized spacial score (nSPS) is 39.5. The first kappa shape index (κ1) is 7.82. The molecule has 16 heavy (non-hydrogen) atoms. The lowest BCUT2D eigenvalue weighted by Gasteiger charge is -2.13. The third kappa shape index (κ3) is 0.721. The Morgan fingerprint density at radius 2 is 0.875 bits per heavy atom. The molecule has 0 aliphatic carbocycles. The van der Waals surface area contributed by atoms with Crippen molar-refractivity contribution in [1.82, 2.24) is 0 Å². The Morgan fingerprint density at radius 3 is 1.19 bits per heavy atom. The van der Waals surface area contributed by atoms with E-state index in [1.807, 2.05) is 0 Å². The van der Waals surface area contributed by atoms with E-state index >= 15 is 0 Å². The van der Waals surface area contributed by atoms with Crippen molar-refractivity contribution in [2.45, 2.75) is 24.4 Å². The maximum Gasteiger partial charge on any atom is 0.102 e. The van der Waals surface area contributed by atoms with E-state index < -0.39 is 0 Å². The van der Waals surface area contributed by atoms with E-state index in [1.54, 1.807) is 0 Å². The van der Waals surface area contributed by atoms with E-state index in [0.29, 0.717) is 0 Å². The highest BCUT2D eigenvalue weighted by molar-refractivity contribution is 5.53. The van der Waals surface area contributed by atoms with Crippen LogP contribution in [-0.4, -0.2) is 0 Å². The Hall–Kier alpha value is -1.38. The average molecular weight is 210 g/mol. The smallest absolute Gasteiger partial charge is 0.102 e. The molecule has 0 radical (unpaired) electrons. The third-order valence-electron chi connectivity index (χ3n) is 4.02. The molecule has 2 heteroatoms. The highest BCUT2D eigenvalue weighted by Crippen LogP contribution is 2.52. The molecule has 78 valence electrons. The second-order valence-corrected chi connectivity index (χ2v) is 4.83. The minimum absolute atomic E-state index is 0.188. The first-order valence-corrected chi connectivity index (χ1v) is 5.75. The fraction of sp³-hybridized carbons (Fsp3) is 0.286. The zero-order chi connectivity index (χ0) is 10.3. The van der Waals surface area contributed by atoms with Gasteiger partial charge in [-0.2, -0.15) is 0 Å². The second kappa shape index (κ2) is 2.31. The Labute approximate surface area is 93.2 Å². The fourth-order valence-corrected chi connectivity index (χ4v) is 3.26. The molecule has 4 atom stereocenters. The number of ether oxygens (including phenoxy) is 2. The van der Waals surface area contributed by atoms with Crippen LogP contribution in [-0.2, 0) is 9.47 Å². The molecule has 2 nitrogen and oxygen atoms in total. The van der Waals surface area contributed by atoms with E-state index in [2.05, 4.69) is 36.4 Å². The zero-order valence-electron chi connectivity index (χ0n) is 8.59. The van der Waals surface area contributed by atoms with Crippen molar-refractivity contribution in [2.24, 2.45) is 0 Å². The van der Waals surface area contributed by atoms with E-state index in [4.69, 9.17) is 9.47 Å². The van der Waals surface area contributed by atoms with Gasteiger partial charge in [-0.05, 0) is 34.4 Å². The summed E-state index contributed by atoms with van der Waals surface area (Å²) in [6.07, 6.45) is 9.38. The van der Waals surface area contributed by atoms with Crippen molar-refractivity contribution in [1.29, 1.82) is 0 Å². The molecule has 3 unspecified atom stereocenters. The summed E-state index contributed by atoms with van der Waals surface area (Å²) in [5.74, 6) is 0. The SMILES string of the molecule is C1=CC2OC1c1cc3c(cc12)[C@@H]1C=CC3O1. The monoisotopic (exact) mass is 210 g/mol. The summed E-state index contributed by atoms with van der Waals surface area (Å²) in [7, 11) is 0. The Morgan fingerprint density at radius 1 is 0.562 bits per heavy atom. The van der Waals surface area contributed by atoms with E-state index in [9.17, 15) is 0 Å². The molecule has 0 aromatic heterocycles. The summed E-state index contributed by atoms with van der Waals surface area (Å²) < 4.78 is 11.7. The minimum atomic E-state index is 0.188. The molecule has 4 aliphatic heterocycles. The van der Waals surface area contributed by atoms with E-state index in [0.717, 1.165) is 0 Å². The molecule has 0 spiro atoms. The molecule has 5 rings (SSSR count). The van der Waals surface area contributed by atoms with Crippen molar-refractivity contribution in [2.75, 3.05) is 0 Å². The summed E-state index contributed by atoms with van der Waals surface area (Å²) >= 11 is 0. The molecular weight excluding hydrogens is 200 g/mol. The fourth-order valence-electron chi connectivity index (χ4n) is 3.26. The van der Waals surface area contributed by atoms with Crippen LogP contribution in [0.1, 0.15) is 46.7 Å². The molecule has 1 aromatic rings. The van der Waals surface area contributed by atoms with Gasteiger partial charge in [0, 0.05) is 0 Å². The average Bonchev–Trinajstić information content (AvgIpc) is 3.07. The number of rotatable bonds is 0. The predicted octanol–water partition coefficient (Wildman–Crippen LogP) is 3.05. The topological polar surface area (TPSA) is 18.5 Å². The summed E-state index contributed by atoms with van der Waals surface area (Å²) in [5, 5.41) is 0.